The Bertz CT molecular complexity index is 984. The molecule has 1 fully saturated rings. The summed E-state index contributed by atoms with van der Waals surface area (Å²) in [6.45, 7) is 0.774. The topological polar surface area (TPSA) is 121 Å². The second-order valence-corrected chi connectivity index (χ2v) is 8.50. The second kappa shape index (κ2) is 9.64. The molecule has 0 radical (unpaired) electrons. The van der Waals surface area contributed by atoms with E-state index in [9.17, 15) is 18.0 Å². The zero-order valence-corrected chi connectivity index (χ0v) is 18.3. The first-order valence-corrected chi connectivity index (χ1v) is 10.8. The van der Waals surface area contributed by atoms with Gasteiger partial charge >= 0.3 is 11.9 Å². The van der Waals surface area contributed by atoms with Crippen LogP contribution < -0.4 is 9.64 Å². The average molecular weight is 456 g/mol. The van der Waals surface area contributed by atoms with Gasteiger partial charge in [-0.15, -0.1) is 0 Å². The summed E-state index contributed by atoms with van der Waals surface area (Å²) in [6, 6.07) is 4.26. The first-order valence-electron chi connectivity index (χ1n) is 9.36. The number of sulfonamides is 1. The van der Waals surface area contributed by atoms with Crippen molar-refractivity contribution in [2.24, 2.45) is 0 Å². The van der Waals surface area contributed by atoms with Crippen molar-refractivity contribution in [3.63, 3.8) is 0 Å². The van der Waals surface area contributed by atoms with Gasteiger partial charge in [0.2, 0.25) is 10.0 Å². The number of hydrogen-bond donors (Lipinski definition) is 0. The van der Waals surface area contributed by atoms with Crippen LogP contribution in [-0.4, -0.2) is 85.6 Å². The maximum atomic E-state index is 13.1. The Morgan fingerprint density at radius 3 is 2.29 bits per heavy atom. The average Bonchev–Trinajstić information content (AvgIpc) is 2.82. The Morgan fingerprint density at radius 1 is 1.00 bits per heavy atom. The van der Waals surface area contributed by atoms with Gasteiger partial charge in [0, 0.05) is 13.1 Å². The van der Waals surface area contributed by atoms with Crippen LogP contribution in [0.3, 0.4) is 0 Å². The lowest BCUT2D eigenvalue weighted by Crippen LogP contribution is -2.41. The summed E-state index contributed by atoms with van der Waals surface area (Å²) >= 11 is 0. The summed E-state index contributed by atoms with van der Waals surface area (Å²) in [5, 5.41) is 0. The van der Waals surface area contributed by atoms with E-state index in [4.69, 9.17) is 23.7 Å². The third-order valence-electron chi connectivity index (χ3n) is 4.88. The van der Waals surface area contributed by atoms with Crippen molar-refractivity contribution in [1.82, 2.24) is 4.31 Å². The number of morpholine rings is 1. The molecule has 0 unspecified atom stereocenters. The Hall–Kier alpha value is -2.67. The number of hydrogen-bond acceptors (Lipinski definition) is 10. The Kier molecular flexibility index (Phi) is 7.15. The zero-order chi connectivity index (χ0) is 22.6. The fraction of sp³-hybridized carbons (Fsp3) is 0.474. The van der Waals surface area contributed by atoms with Crippen LogP contribution in [0.25, 0.3) is 0 Å². The summed E-state index contributed by atoms with van der Waals surface area (Å²) < 4.78 is 53.2. The van der Waals surface area contributed by atoms with Crippen molar-refractivity contribution in [2.75, 3.05) is 65.9 Å². The molecule has 11 nitrogen and oxygen atoms in total. The van der Waals surface area contributed by atoms with E-state index in [1.165, 1.54) is 48.7 Å². The molecule has 0 spiro atoms. The van der Waals surface area contributed by atoms with Gasteiger partial charge < -0.3 is 28.6 Å². The van der Waals surface area contributed by atoms with E-state index < -0.39 is 22.0 Å². The van der Waals surface area contributed by atoms with Gasteiger partial charge in [-0.3, -0.25) is 0 Å². The molecule has 2 aliphatic rings. The smallest absolute Gasteiger partial charge is 0.355 e. The molecular weight excluding hydrogens is 432 g/mol. The lowest BCUT2D eigenvalue weighted by atomic mass is 10.1. The largest absolute Gasteiger partial charge is 0.495 e. The van der Waals surface area contributed by atoms with Crippen molar-refractivity contribution in [3.8, 4) is 5.75 Å². The van der Waals surface area contributed by atoms with Gasteiger partial charge in [-0.2, -0.15) is 4.31 Å². The van der Waals surface area contributed by atoms with Crippen LogP contribution in [0.5, 0.6) is 5.75 Å². The van der Waals surface area contributed by atoms with Crippen LogP contribution in [0.2, 0.25) is 0 Å². The molecule has 0 N–H and O–H groups in total. The molecule has 0 aliphatic carbocycles. The molecule has 3 rings (SSSR count). The minimum absolute atomic E-state index is 0.000364. The number of nitrogens with zero attached hydrogens (tertiary/aromatic N) is 2. The fourth-order valence-corrected chi connectivity index (χ4v) is 4.74. The molecule has 0 amide bonds. The van der Waals surface area contributed by atoms with Crippen molar-refractivity contribution >= 4 is 27.6 Å². The van der Waals surface area contributed by atoms with Gasteiger partial charge in [-0.25, -0.2) is 18.0 Å². The van der Waals surface area contributed by atoms with Crippen LogP contribution in [-0.2, 0) is 38.6 Å². The molecule has 170 valence electrons. The maximum Gasteiger partial charge on any atom is 0.355 e. The predicted molar refractivity (Wildman–Crippen MR) is 107 cm³/mol. The number of rotatable bonds is 6. The lowest BCUT2D eigenvalue weighted by Gasteiger charge is -2.32. The van der Waals surface area contributed by atoms with Crippen LogP contribution in [0.15, 0.2) is 34.4 Å². The monoisotopic (exact) mass is 456 g/mol. The van der Waals surface area contributed by atoms with Gasteiger partial charge in [-0.05, 0) is 18.2 Å². The maximum absolute atomic E-state index is 13.1. The molecule has 31 heavy (non-hydrogen) atoms. The number of benzene rings is 1. The van der Waals surface area contributed by atoms with E-state index in [-0.39, 0.29) is 54.0 Å². The fourth-order valence-electron chi connectivity index (χ4n) is 3.31. The highest BCUT2D eigenvalue weighted by molar-refractivity contribution is 7.89. The van der Waals surface area contributed by atoms with Gasteiger partial charge in [0.05, 0.1) is 57.3 Å². The Morgan fingerprint density at radius 2 is 1.68 bits per heavy atom. The van der Waals surface area contributed by atoms with Crippen molar-refractivity contribution < 1.29 is 41.7 Å². The first kappa shape index (κ1) is 23.0. The quantitative estimate of drug-likeness (QED) is 0.545. The third kappa shape index (κ3) is 4.51. The standard InChI is InChI=1S/C19H24N2O9S/c1-26-16-5-4-13(31(24,25)20-6-8-29-9-7-20)10-15(16)21-12-30-11-14(18(22)27-2)17(21)19(23)28-3/h4-5,10H,6-9,11-12H2,1-3H3. The molecule has 1 saturated heterocycles. The SMILES string of the molecule is COC(=O)C1=C(C(=O)OC)N(c2cc(S(=O)(=O)N3CCOCC3)ccc2OC)COC1. The number of carbonyl (C=O) groups is 2. The van der Waals surface area contributed by atoms with E-state index >= 15 is 0 Å². The number of ether oxygens (including phenoxy) is 5. The van der Waals surface area contributed by atoms with Crippen LogP contribution >= 0.6 is 0 Å². The summed E-state index contributed by atoms with van der Waals surface area (Å²) in [5.74, 6) is -1.29. The Labute approximate surface area is 180 Å². The molecule has 0 aromatic heterocycles. The van der Waals surface area contributed by atoms with E-state index in [1.54, 1.807) is 0 Å². The molecule has 2 aliphatic heterocycles. The Balaban J connectivity index is 2.12. The first-order chi connectivity index (χ1) is 14.8. The van der Waals surface area contributed by atoms with Gasteiger partial charge in [0.25, 0.3) is 0 Å². The summed E-state index contributed by atoms with van der Waals surface area (Å²) in [5.41, 5.74) is 0.0576. The predicted octanol–water partition coefficient (Wildman–Crippen LogP) is 0.110. The highest BCUT2D eigenvalue weighted by Gasteiger charge is 2.35. The van der Waals surface area contributed by atoms with Crippen molar-refractivity contribution in [2.45, 2.75) is 4.90 Å². The van der Waals surface area contributed by atoms with Crippen LogP contribution in [0, 0.1) is 0 Å². The summed E-state index contributed by atoms with van der Waals surface area (Å²) in [7, 11) is -0.0594. The second-order valence-electron chi connectivity index (χ2n) is 6.57. The van der Waals surface area contributed by atoms with E-state index in [2.05, 4.69) is 0 Å². The minimum atomic E-state index is -3.82. The van der Waals surface area contributed by atoms with Gasteiger partial charge in [0.15, 0.2) is 0 Å². The summed E-state index contributed by atoms with van der Waals surface area (Å²) in [4.78, 5) is 26.1. The van der Waals surface area contributed by atoms with E-state index in [0.717, 1.165) is 0 Å². The zero-order valence-electron chi connectivity index (χ0n) is 17.5. The molecule has 1 aromatic carbocycles. The highest BCUT2D eigenvalue weighted by Crippen LogP contribution is 2.36. The van der Waals surface area contributed by atoms with E-state index in [0.29, 0.717) is 13.2 Å². The van der Waals surface area contributed by atoms with Gasteiger partial charge in [0.1, 0.15) is 18.2 Å². The number of methoxy groups -OCH3 is 3. The minimum Gasteiger partial charge on any atom is -0.495 e. The lowest BCUT2D eigenvalue weighted by molar-refractivity contribution is -0.140. The highest BCUT2D eigenvalue weighted by atomic mass is 32.2. The van der Waals surface area contributed by atoms with Crippen LogP contribution in [0.4, 0.5) is 5.69 Å². The molecule has 2 heterocycles. The normalized spacial score (nSPS) is 18.0. The number of carbonyl (C=O) groups excluding carboxylic acids is 2. The summed E-state index contributed by atoms with van der Waals surface area (Å²) in [6.07, 6.45) is 0. The molecule has 1 aromatic rings. The number of anilines is 1. The molecular formula is C19H24N2O9S. The van der Waals surface area contributed by atoms with Gasteiger partial charge in [-0.1, -0.05) is 0 Å². The third-order valence-corrected chi connectivity index (χ3v) is 6.78. The van der Waals surface area contributed by atoms with E-state index in [1.807, 2.05) is 0 Å². The van der Waals surface area contributed by atoms with Crippen molar-refractivity contribution in [1.29, 1.82) is 0 Å². The molecule has 0 saturated carbocycles. The molecule has 12 heteroatoms. The van der Waals surface area contributed by atoms with Crippen molar-refractivity contribution in [3.05, 3.63) is 29.5 Å². The van der Waals surface area contributed by atoms with Crippen LogP contribution in [0.1, 0.15) is 0 Å². The molecule has 0 atom stereocenters. The molecule has 0 bridgehead atoms. The number of esters is 2.